The molecule has 1 saturated heterocycles. The summed E-state index contributed by atoms with van der Waals surface area (Å²) < 4.78 is 0. The lowest BCUT2D eigenvalue weighted by atomic mass is 9.85. The lowest BCUT2D eigenvalue weighted by molar-refractivity contribution is -0.305. The Morgan fingerprint density at radius 3 is 2.25 bits per heavy atom. The van der Waals surface area contributed by atoms with Crippen LogP contribution in [0.3, 0.4) is 0 Å². The zero-order valence-corrected chi connectivity index (χ0v) is 11.3. The van der Waals surface area contributed by atoms with Crippen molar-refractivity contribution in [2.24, 2.45) is 23.7 Å². The number of carbonyl (C=O) groups excluding carboxylic acids is 3. The van der Waals surface area contributed by atoms with Gasteiger partial charge in [-0.3, -0.25) is 14.5 Å². The van der Waals surface area contributed by atoms with Gasteiger partial charge < -0.3 is 9.90 Å². The molecule has 0 unspecified atom stereocenters. The fourth-order valence-corrected chi connectivity index (χ4v) is 3.90. The minimum atomic E-state index is -1.05. The van der Waals surface area contributed by atoms with E-state index < -0.39 is 5.97 Å². The second kappa shape index (κ2) is 5.04. The van der Waals surface area contributed by atoms with Crippen molar-refractivity contribution in [2.75, 3.05) is 6.54 Å². The summed E-state index contributed by atoms with van der Waals surface area (Å²) in [6.45, 7) is 0.428. The highest BCUT2D eigenvalue weighted by Gasteiger charge is 2.58. The van der Waals surface area contributed by atoms with Crippen molar-refractivity contribution in [1.29, 1.82) is 0 Å². The van der Waals surface area contributed by atoms with Crippen LogP contribution in [-0.4, -0.2) is 29.2 Å². The summed E-state index contributed by atoms with van der Waals surface area (Å²) in [4.78, 5) is 36.4. The van der Waals surface area contributed by atoms with Crippen molar-refractivity contribution in [3.05, 3.63) is 12.2 Å². The van der Waals surface area contributed by atoms with Crippen molar-refractivity contribution in [3.63, 3.8) is 0 Å². The molecule has 0 aromatic carbocycles. The number of unbranched alkanes of at least 4 members (excludes halogenated alkanes) is 2. The van der Waals surface area contributed by atoms with Gasteiger partial charge in [-0.2, -0.15) is 0 Å². The molecule has 0 radical (unpaired) electrons. The molecule has 0 aromatic rings. The average Bonchev–Trinajstić information content (AvgIpc) is 3.06. The normalized spacial score (nSPS) is 34.1. The minimum Gasteiger partial charge on any atom is -0.550 e. The Morgan fingerprint density at radius 2 is 1.70 bits per heavy atom. The van der Waals surface area contributed by atoms with Crippen LogP contribution in [-0.2, 0) is 14.4 Å². The number of hydrogen-bond acceptors (Lipinski definition) is 4. The van der Waals surface area contributed by atoms with Crippen LogP contribution in [0.15, 0.2) is 12.2 Å². The number of fused-ring (bicyclic) bond motifs is 5. The lowest BCUT2D eigenvalue weighted by Crippen LogP contribution is -2.33. The van der Waals surface area contributed by atoms with E-state index >= 15 is 0 Å². The number of carboxylic acids is 1. The van der Waals surface area contributed by atoms with Gasteiger partial charge in [0.15, 0.2) is 0 Å². The van der Waals surface area contributed by atoms with E-state index in [1.54, 1.807) is 0 Å². The number of imide groups is 1. The molecule has 0 aromatic heterocycles. The third-order valence-electron chi connectivity index (χ3n) is 4.82. The maximum absolute atomic E-state index is 12.3. The van der Waals surface area contributed by atoms with E-state index in [9.17, 15) is 19.5 Å². The minimum absolute atomic E-state index is 0.0169. The van der Waals surface area contributed by atoms with Gasteiger partial charge in [-0.1, -0.05) is 18.6 Å². The van der Waals surface area contributed by atoms with Crippen LogP contribution in [0.1, 0.15) is 32.1 Å². The van der Waals surface area contributed by atoms with Crippen LogP contribution in [0, 0.1) is 23.7 Å². The van der Waals surface area contributed by atoms with Crippen LogP contribution in [0.25, 0.3) is 0 Å². The predicted molar refractivity (Wildman–Crippen MR) is 67.9 cm³/mol. The summed E-state index contributed by atoms with van der Waals surface area (Å²) in [6.07, 6.45) is 7.07. The smallest absolute Gasteiger partial charge is 0.233 e. The fourth-order valence-electron chi connectivity index (χ4n) is 3.90. The molecule has 2 fully saturated rings. The van der Waals surface area contributed by atoms with Gasteiger partial charge in [-0.05, 0) is 37.5 Å². The maximum atomic E-state index is 12.3. The molecule has 1 saturated carbocycles. The number of aliphatic carboxylic acids is 1. The van der Waals surface area contributed by atoms with Gasteiger partial charge in [0.1, 0.15) is 0 Å². The van der Waals surface area contributed by atoms with E-state index in [0.29, 0.717) is 25.8 Å². The molecule has 2 bridgehead atoms. The highest BCUT2D eigenvalue weighted by molar-refractivity contribution is 6.06. The molecule has 1 aliphatic heterocycles. The number of allylic oxidation sites excluding steroid dienone is 2. The second-order valence-corrected chi connectivity index (χ2v) is 6.01. The summed E-state index contributed by atoms with van der Waals surface area (Å²) in [6, 6.07) is 0. The third kappa shape index (κ3) is 2.05. The standard InChI is InChI=1S/C15H19NO4/c17-11(18)4-2-1-3-7-16-14(19)12-9-5-6-10(8-9)13(12)15(16)20/h5-6,9-10,12-13H,1-4,7-8H2,(H,17,18)/p-1/t9-,10+,12-,13-/m0/s1. The first-order chi connectivity index (χ1) is 9.59. The Kier molecular flexibility index (Phi) is 3.36. The molecule has 0 spiro atoms. The Balaban J connectivity index is 1.53. The van der Waals surface area contributed by atoms with E-state index in [2.05, 4.69) is 12.2 Å². The largest absolute Gasteiger partial charge is 0.550 e. The van der Waals surface area contributed by atoms with E-state index in [-0.39, 0.29) is 41.9 Å². The number of rotatable bonds is 6. The number of likely N-dealkylation sites (tertiary alicyclic amines) is 1. The van der Waals surface area contributed by atoms with Crippen molar-refractivity contribution >= 4 is 17.8 Å². The van der Waals surface area contributed by atoms with Crippen LogP contribution in [0.5, 0.6) is 0 Å². The molecular weight excluding hydrogens is 258 g/mol. The van der Waals surface area contributed by atoms with Crippen molar-refractivity contribution in [1.82, 2.24) is 4.90 Å². The predicted octanol–water partition coefficient (Wildman–Crippen LogP) is 0.104. The molecule has 0 N–H and O–H groups in total. The average molecular weight is 276 g/mol. The molecule has 2 aliphatic carbocycles. The zero-order valence-electron chi connectivity index (χ0n) is 11.3. The van der Waals surface area contributed by atoms with Crippen LogP contribution in [0.2, 0.25) is 0 Å². The zero-order chi connectivity index (χ0) is 14.3. The van der Waals surface area contributed by atoms with Gasteiger partial charge >= 0.3 is 0 Å². The monoisotopic (exact) mass is 276 g/mol. The Hall–Kier alpha value is -1.65. The van der Waals surface area contributed by atoms with Crippen LogP contribution >= 0.6 is 0 Å². The third-order valence-corrected chi connectivity index (χ3v) is 4.82. The molecule has 2 amide bonds. The molecular formula is C15H18NO4-. The molecule has 5 heteroatoms. The van der Waals surface area contributed by atoms with E-state index in [1.165, 1.54) is 4.90 Å². The Morgan fingerprint density at radius 1 is 1.10 bits per heavy atom. The number of nitrogens with zero attached hydrogens (tertiary/aromatic N) is 1. The van der Waals surface area contributed by atoms with Gasteiger partial charge in [0.2, 0.25) is 11.8 Å². The number of carboxylic acid groups (broad SMARTS) is 1. The Bertz CT molecular complexity index is 454. The molecule has 1 heterocycles. The molecule has 108 valence electrons. The summed E-state index contributed by atoms with van der Waals surface area (Å²) in [5.41, 5.74) is 0. The molecule has 20 heavy (non-hydrogen) atoms. The molecule has 5 nitrogen and oxygen atoms in total. The first-order valence-corrected chi connectivity index (χ1v) is 7.33. The van der Waals surface area contributed by atoms with Gasteiger partial charge in [0.25, 0.3) is 0 Å². The number of hydrogen-bond donors (Lipinski definition) is 0. The Labute approximate surface area is 117 Å². The van der Waals surface area contributed by atoms with Crippen molar-refractivity contribution in [3.8, 4) is 0 Å². The summed E-state index contributed by atoms with van der Waals surface area (Å²) in [5.74, 6) is -0.820. The number of carbonyl (C=O) groups is 3. The van der Waals surface area contributed by atoms with Gasteiger partial charge in [-0.15, -0.1) is 0 Å². The first kappa shape index (κ1) is 13.3. The second-order valence-electron chi connectivity index (χ2n) is 6.01. The number of amides is 2. The summed E-state index contributed by atoms with van der Waals surface area (Å²) in [5, 5.41) is 10.3. The van der Waals surface area contributed by atoms with Gasteiger partial charge in [0.05, 0.1) is 11.8 Å². The highest BCUT2D eigenvalue weighted by Crippen LogP contribution is 2.52. The van der Waals surface area contributed by atoms with Crippen LogP contribution in [0.4, 0.5) is 0 Å². The lowest BCUT2D eigenvalue weighted by Gasteiger charge is -2.17. The van der Waals surface area contributed by atoms with E-state index in [1.807, 2.05) is 0 Å². The fraction of sp³-hybridized carbons (Fsp3) is 0.667. The molecule has 3 aliphatic rings. The van der Waals surface area contributed by atoms with Crippen molar-refractivity contribution < 1.29 is 19.5 Å². The topological polar surface area (TPSA) is 77.5 Å². The van der Waals surface area contributed by atoms with E-state index in [0.717, 1.165) is 6.42 Å². The van der Waals surface area contributed by atoms with Crippen molar-refractivity contribution in [2.45, 2.75) is 32.1 Å². The highest BCUT2D eigenvalue weighted by atomic mass is 16.4. The van der Waals surface area contributed by atoms with Gasteiger partial charge in [0, 0.05) is 12.5 Å². The summed E-state index contributed by atoms with van der Waals surface area (Å²) >= 11 is 0. The quantitative estimate of drug-likeness (QED) is 0.392. The SMILES string of the molecule is O=C([O-])CCCCCN1C(=O)[C@@H]2[C@@H](C1=O)[C@H]1C=C[C@@H]2C1. The maximum Gasteiger partial charge on any atom is 0.233 e. The van der Waals surface area contributed by atoms with Gasteiger partial charge in [-0.25, -0.2) is 0 Å². The summed E-state index contributed by atoms with van der Waals surface area (Å²) in [7, 11) is 0. The van der Waals surface area contributed by atoms with E-state index in [4.69, 9.17) is 0 Å². The first-order valence-electron chi connectivity index (χ1n) is 7.33. The van der Waals surface area contributed by atoms with Crippen LogP contribution < -0.4 is 5.11 Å². The molecule has 4 atom stereocenters. The molecule has 3 rings (SSSR count).